The van der Waals surface area contributed by atoms with Gasteiger partial charge in [-0.3, -0.25) is 15.0 Å². The number of amides is 1. The molecule has 0 saturated carbocycles. The van der Waals surface area contributed by atoms with Gasteiger partial charge in [0, 0.05) is 25.5 Å². The van der Waals surface area contributed by atoms with Crippen LogP contribution >= 0.6 is 0 Å². The van der Waals surface area contributed by atoms with Crippen LogP contribution in [-0.4, -0.2) is 52.1 Å². The van der Waals surface area contributed by atoms with E-state index in [1.54, 1.807) is 29.4 Å². The zero-order chi connectivity index (χ0) is 12.5. The van der Waals surface area contributed by atoms with Crippen molar-refractivity contribution in [3.63, 3.8) is 0 Å². The predicted octanol–water partition coefficient (Wildman–Crippen LogP) is -0.105. The van der Waals surface area contributed by atoms with Gasteiger partial charge in [-0.15, -0.1) is 6.58 Å². The summed E-state index contributed by atoms with van der Waals surface area (Å²) >= 11 is 0. The molecule has 6 nitrogen and oxygen atoms in total. The van der Waals surface area contributed by atoms with Gasteiger partial charge in [-0.25, -0.2) is 9.97 Å². The molecule has 0 aliphatic heterocycles. The highest BCUT2D eigenvalue weighted by Crippen LogP contribution is 1.95. The molecule has 1 rings (SSSR count). The number of carbonyl (C=O) groups is 1. The molecule has 1 aromatic heterocycles. The third-order valence-electron chi connectivity index (χ3n) is 1.99. The summed E-state index contributed by atoms with van der Waals surface area (Å²) in [4.78, 5) is 21.2. The summed E-state index contributed by atoms with van der Waals surface area (Å²) in [7, 11) is 0. The molecule has 0 fully saturated rings. The van der Waals surface area contributed by atoms with Crippen molar-refractivity contribution in [3.8, 4) is 0 Å². The summed E-state index contributed by atoms with van der Waals surface area (Å²) in [6, 6.07) is 1.67. The van der Waals surface area contributed by atoms with E-state index in [2.05, 4.69) is 21.9 Å². The number of hydrogen-bond acceptors (Lipinski definition) is 5. The van der Waals surface area contributed by atoms with E-state index < -0.39 is 0 Å². The maximum absolute atomic E-state index is 11.6. The fourth-order valence-corrected chi connectivity index (χ4v) is 1.29. The molecule has 2 N–H and O–H groups in total. The second kappa shape index (κ2) is 7.48. The Kier molecular flexibility index (Phi) is 5.84. The summed E-state index contributed by atoms with van der Waals surface area (Å²) in [5.41, 5.74) is 0. The lowest BCUT2D eigenvalue weighted by Crippen LogP contribution is -2.35. The minimum absolute atomic E-state index is 0.00293. The molecular formula is C11H16N4O2. The molecule has 0 unspecified atom stereocenters. The SMILES string of the molecule is C=CCN(CCO)CC(=O)Nc1ncccn1. The predicted molar refractivity (Wildman–Crippen MR) is 64.4 cm³/mol. The molecule has 0 saturated heterocycles. The van der Waals surface area contributed by atoms with Gasteiger partial charge < -0.3 is 5.11 Å². The number of anilines is 1. The molecule has 0 aliphatic carbocycles. The van der Waals surface area contributed by atoms with Crippen molar-refractivity contribution in [1.82, 2.24) is 14.9 Å². The van der Waals surface area contributed by atoms with Crippen LogP contribution in [0.1, 0.15) is 0 Å². The first-order valence-electron chi connectivity index (χ1n) is 5.27. The standard InChI is InChI=1S/C11H16N4O2/c1-2-6-15(7-8-16)9-10(17)14-11-12-4-3-5-13-11/h2-5,16H,1,6-9H2,(H,12,13,14,17). The van der Waals surface area contributed by atoms with E-state index in [0.717, 1.165) is 0 Å². The number of rotatable bonds is 7. The molecule has 1 amide bonds. The van der Waals surface area contributed by atoms with Crippen molar-refractivity contribution in [1.29, 1.82) is 0 Å². The first kappa shape index (κ1) is 13.3. The minimum Gasteiger partial charge on any atom is -0.395 e. The lowest BCUT2D eigenvalue weighted by Gasteiger charge is -2.18. The zero-order valence-electron chi connectivity index (χ0n) is 9.54. The lowest BCUT2D eigenvalue weighted by atomic mass is 10.4. The molecule has 17 heavy (non-hydrogen) atoms. The number of aliphatic hydroxyl groups excluding tert-OH is 1. The second-order valence-corrected chi connectivity index (χ2v) is 3.37. The quantitative estimate of drug-likeness (QED) is 0.646. The maximum atomic E-state index is 11.6. The van der Waals surface area contributed by atoms with Crippen LogP contribution in [0.25, 0.3) is 0 Å². The largest absolute Gasteiger partial charge is 0.395 e. The Morgan fingerprint density at radius 1 is 1.53 bits per heavy atom. The van der Waals surface area contributed by atoms with Gasteiger partial charge in [-0.2, -0.15) is 0 Å². The van der Waals surface area contributed by atoms with Crippen LogP contribution in [-0.2, 0) is 4.79 Å². The van der Waals surface area contributed by atoms with Gasteiger partial charge in [0.05, 0.1) is 13.2 Å². The van der Waals surface area contributed by atoms with Crippen molar-refractivity contribution >= 4 is 11.9 Å². The third kappa shape index (κ3) is 5.19. The van der Waals surface area contributed by atoms with Crippen LogP contribution in [0.2, 0.25) is 0 Å². The van der Waals surface area contributed by atoms with Gasteiger partial charge in [0.2, 0.25) is 11.9 Å². The van der Waals surface area contributed by atoms with Gasteiger partial charge in [0.1, 0.15) is 0 Å². The molecular weight excluding hydrogens is 220 g/mol. The Bertz CT molecular complexity index is 356. The number of nitrogens with one attached hydrogen (secondary N) is 1. The fraction of sp³-hybridized carbons (Fsp3) is 0.364. The van der Waals surface area contributed by atoms with Crippen LogP contribution < -0.4 is 5.32 Å². The average Bonchev–Trinajstić information content (AvgIpc) is 2.30. The first-order chi connectivity index (χ1) is 8.26. The summed E-state index contributed by atoms with van der Waals surface area (Å²) in [5, 5.41) is 11.4. The van der Waals surface area contributed by atoms with Crippen LogP contribution in [0, 0.1) is 0 Å². The minimum atomic E-state index is -0.216. The molecule has 0 spiro atoms. The third-order valence-corrected chi connectivity index (χ3v) is 1.99. The highest BCUT2D eigenvalue weighted by molar-refractivity contribution is 5.90. The van der Waals surface area contributed by atoms with E-state index in [4.69, 9.17) is 5.11 Å². The van der Waals surface area contributed by atoms with Gasteiger partial charge >= 0.3 is 0 Å². The van der Waals surface area contributed by atoms with Gasteiger partial charge in [-0.05, 0) is 6.07 Å². The highest BCUT2D eigenvalue weighted by atomic mass is 16.3. The van der Waals surface area contributed by atoms with E-state index in [1.165, 1.54) is 0 Å². The Morgan fingerprint density at radius 3 is 2.82 bits per heavy atom. The summed E-state index contributed by atoms with van der Waals surface area (Å²) in [5.74, 6) is 0.0616. The Morgan fingerprint density at radius 2 is 2.24 bits per heavy atom. The van der Waals surface area contributed by atoms with Crippen molar-refractivity contribution < 1.29 is 9.90 Å². The molecule has 0 aliphatic rings. The maximum Gasteiger partial charge on any atom is 0.240 e. The van der Waals surface area contributed by atoms with Crippen molar-refractivity contribution in [3.05, 3.63) is 31.1 Å². The first-order valence-corrected chi connectivity index (χ1v) is 5.27. The molecule has 0 aromatic carbocycles. The Balaban J connectivity index is 2.44. The van der Waals surface area contributed by atoms with E-state index >= 15 is 0 Å². The van der Waals surface area contributed by atoms with Crippen molar-refractivity contribution in [2.45, 2.75) is 0 Å². The summed E-state index contributed by atoms with van der Waals surface area (Å²) < 4.78 is 0. The summed E-state index contributed by atoms with van der Waals surface area (Å²) in [6.45, 7) is 4.74. The van der Waals surface area contributed by atoms with Crippen LogP contribution in [0.3, 0.4) is 0 Å². The molecule has 0 bridgehead atoms. The summed E-state index contributed by atoms with van der Waals surface area (Å²) in [6.07, 6.45) is 4.79. The van der Waals surface area contributed by atoms with E-state index in [-0.39, 0.29) is 25.0 Å². The topological polar surface area (TPSA) is 78.4 Å². The van der Waals surface area contributed by atoms with E-state index in [0.29, 0.717) is 13.1 Å². The molecule has 1 aromatic rings. The molecule has 0 radical (unpaired) electrons. The van der Waals surface area contributed by atoms with E-state index in [9.17, 15) is 4.79 Å². The number of hydrogen-bond donors (Lipinski definition) is 2. The smallest absolute Gasteiger partial charge is 0.240 e. The van der Waals surface area contributed by atoms with Crippen LogP contribution in [0.15, 0.2) is 31.1 Å². The highest BCUT2D eigenvalue weighted by Gasteiger charge is 2.09. The molecule has 1 heterocycles. The molecule has 0 atom stereocenters. The van der Waals surface area contributed by atoms with Crippen molar-refractivity contribution in [2.24, 2.45) is 0 Å². The lowest BCUT2D eigenvalue weighted by molar-refractivity contribution is -0.117. The monoisotopic (exact) mass is 236 g/mol. The Labute approximate surface area is 100 Å². The average molecular weight is 236 g/mol. The number of nitrogens with zero attached hydrogens (tertiary/aromatic N) is 3. The number of carbonyl (C=O) groups excluding carboxylic acids is 1. The van der Waals surface area contributed by atoms with Crippen LogP contribution in [0.4, 0.5) is 5.95 Å². The zero-order valence-corrected chi connectivity index (χ0v) is 9.54. The van der Waals surface area contributed by atoms with Crippen molar-refractivity contribution in [2.75, 3.05) is 31.6 Å². The Hall–Kier alpha value is -1.79. The molecule has 6 heteroatoms. The number of aliphatic hydroxyl groups is 1. The normalized spacial score (nSPS) is 10.2. The van der Waals surface area contributed by atoms with Crippen LogP contribution in [0.5, 0.6) is 0 Å². The van der Waals surface area contributed by atoms with E-state index in [1.807, 2.05) is 0 Å². The fourth-order valence-electron chi connectivity index (χ4n) is 1.29. The van der Waals surface area contributed by atoms with Gasteiger partial charge in [0.15, 0.2) is 0 Å². The van der Waals surface area contributed by atoms with Gasteiger partial charge in [0.25, 0.3) is 0 Å². The molecule has 92 valence electrons. The van der Waals surface area contributed by atoms with Gasteiger partial charge in [-0.1, -0.05) is 6.08 Å². The second-order valence-electron chi connectivity index (χ2n) is 3.37. The number of aromatic nitrogens is 2.